The van der Waals surface area contributed by atoms with Crippen LogP contribution in [0.5, 0.6) is 11.5 Å². The first-order valence-corrected chi connectivity index (χ1v) is 9.44. The summed E-state index contributed by atoms with van der Waals surface area (Å²) in [5.74, 6) is 1.32. The van der Waals surface area contributed by atoms with Crippen LogP contribution >= 0.6 is 24.0 Å². The van der Waals surface area contributed by atoms with Crippen LogP contribution in [0.2, 0.25) is 0 Å². The van der Waals surface area contributed by atoms with Crippen LogP contribution in [-0.4, -0.2) is 15.2 Å². The second-order valence-electron chi connectivity index (χ2n) is 5.71. The fraction of sp³-hybridized carbons (Fsp3) is 0. The zero-order valence-corrected chi connectivity index (χ0v) is 15.7. The number of benzene rings is 2. The van der Waals surface area contributed by atoms with Crippen LogP contribution in [0.1, 0.15) is 5.56 Å². The van der Waals surface area contributed by atoms with Gasteiger partial charge in [0.25, 0.3) is 5.91 Å². The van der Waals surface area contributed by atoms with Crippen molar-refractivity contribution in [2.45, 2.75) is 0 Å². The highest BCUT2D eigenvalue weighted by Gasteiger charge is 2.33. The molecule has 6 heteroatoms. The molecular weight excluding hydrogens is 376 g/mol. The van der Waals surface area contributed by atoms with Crippen molar-refractivity contribution >= 4 is 46.0 Å². The first-order valence-electron chi connectivity index (χ1n) is 8.22. The number of hydrogen-bond acceptors (Lipinski definition) is 5. The Kier molecular flexibility index (Phi) is 5.00. The number of nitrogens with zero attached hydrogens (tertiary/aromatic N) is 2. The molecule has 1 amide bonds. The summed E-state index contributed by atoms with van der Waals surface area (Å²) >= 11 is 6.70. The topological polar surface area (TPSA) is 42.4 Å². The third-order valence-electron chi connectivity index (χ3n) is 3.85. The Labute approximate surface area is 166 Å². The van der Waals surface area contributed by atoms with E-state index in [-0.39, 0.29) is 5.91 Å². The van der Waals surface area contributed by atoms with E-state index in [9.17, 15) is 4.79 Å². The monoisotopic (exact) mass is 390 g/mol. The normalized spacial score (nSPS) is 15.4. The van der Waals surface area contributed by atoms with E-state index in [0.29, 0.717) is 20.7 Å². The van der Waals surface area contributed by atoms with E-state index < -0.39 is 0 Å². The maximum Gasteiger partial charge on any atom is 0.270 e. The van der Waals surface area contributed by atoms with Crippen LogP contribution in [0.15, 0.2) is 84.0 Å². The summed E-state index contributed by atoms with van der Waals surface area (Å²) < 4.78 is 6.30. The minimum Gasteiger partial charge on any atom is -0.457 e. The summed E-state index contributed by atoms with van der Waals surface area (Å²) in [6, 6.07) is 20.6. The molecule has 27 heavy (non-hydrogen) atoms. The predicted molar refractivity (Wildman–Crippen MR) is 113 cm³/mol. The van der Waals surface area contributed by atoms with E-state index in [0.717, 1.165) is 11.3 Å². The summed E-state index contributed by atoms with van der Waals surface area (Å²) in [6.45, 7) is 0. The predicted octanol–water partition coefficient (Wildman–Crippen LogP) is 5.28. The summed E-state index contributed by atoms with van der Waals surface area (Å²) in [5, 5.41) is 0. The van der Waals surface area contributed by atoms with Gasteiger partial charge >= 0.3 is 0 Å². The van der Waals surface area contributed by atoms with E-state index in [1.165, 1.54) is 16.7 Å². The Morgan fingerprint density at radius 2 is 1.70 bits per heavy atom. The molecule has 0 spiro atoms. The Morgan fingerprint density at radius 1 is 0.963 bits per heavy atom. The van der Waals surface area contributed by atoms with Gasteiger partial charge in [-0.25, -0.2) is 0 Å². The Bertz CT molecular complexity index is 1000. The number of thioether (sulfide) groups is 1. The molecule has 0 aliphatic carbocycles. The molecule has 0 N–H and O–H groups in total. The first kappa shape index (κ1) is 17.5. The molecule has 4 nitrogen and oxygen atoms in total. The van der Waals surface area contributed by atoms with Crippen molar-refractivity contribution in [1.29, 1.82) is 0 Å². The highest BCUT2D eigenvalue weighted by atomic mass is 32.2. The zero-order valence-electron chi connectivity index (χ0n) is 14.1. The second-order valence-corrected chi connectivity index (χ2v) is 7.39. The summed E-state index contributed by atoms with van der Waals surface area (Å²) in [5.41, 5.74) is 1.58. The molecule has 1 aliphatic rings. The number of carbonyl (C=O) groups excluding carboxylic acids is 1. The highest BCUT2D eigenvalue weighted by Crippen LogP contribution is 2.36. The van der Waals surface area contributed by atoms with Crippen LogP contribution < -0.4 is 9.64 Å². The number of anilines is 1. The van der Waals surface area contributed by atoms with Gasteiger partial charge < -0.3 is 4.74 Å². The lowest BCUT2D eigenvalue weighted by molar-refractivity contribution is -0.113. The van der Waals surface area contributed by atoms with Crippen molar-refractivity contribution in [2.75, 3.05) is 4.90 Å². The van der Waals surface area contributed by atoms with Gasteiger partial charge in [0.05, 0.1) is 10.6 Å². The van der Waals surface area contributed by atoms with Gasteiger partial charge in [-0.05, 0) is 54.1 Å². The molecule has 0 bridgehead atoms. The van der Waals surface area contributed by atoms with Crippen LogP contribution in [0, 0.1) is 0 Å². The largest absolute Gasteiger partial charge is 0.457 e. The lowest BCUT2D eigenvalue weighted by Gasteiger charge is -2.15. The molecule has 1 aromatic heterocycles. The SMILES string of the molecule is O=C1C(=Cc2cccnc2)SC(=S)N1c1ccc(Oc2ccccc2)cc1. The maximum absolute atomic E-state index is 12.8. The molecule has 1 aliphatic heterocycles. The first-order chi connectivity index (χ1) is 13.2. The molecule has 132 valence electrons. The molecule has 2 heterocycles. The maximum atomic E-state index is 12.8. The smallest absolute Gasteiger partial charge is 0.270 e. The third-order valence-corrected chi connectivity index (χ3v) is 5.15. The molecular formula is C21H14N2O2S2. The van der Waals surface area contributed by atoms with Crippen LogP contribution in [0.25, 0.3) is 6.08 Å². The van der Waals surface area contributed by atoms with Gasteiger partial charge in [0.1, 0.15) is 11.5 Å². The van der Waals surface area contributed by atoms with Crippen LogP contribution in [0.4, 0.5) is 5.69 Å². The molecule has 1 saturated heterocycles. The number of hydrogen-bond donors (Lipinski definition) is 0. The molecule has 0 atom stereocenters. The van der Waals surface area contributed by atoms with Crippen molar-refractivity contribution in [1.82, 2.24) is 4.98 Å². The van der Waals surface area contributed by atoms with E-state index in [2.05, 4.69) is 4.98 Å². The van der Waals surface area contributed by atoms with Gasteiger partial charge in [-0.15, -0.1) is 0 Å². The molecule has 0 radical (unpaired) electrons. The molecule has 0 saturated carbocycles. The number of para-hydroxylation sites is 1. The standard InChI is InChI=1S/C21H14N2O2S2/c24-20-19(13-15-5-4-12-22-14-15)27-21(26)23(20)16-8-10-18(11-9-16)25-17-6-2-1-3-7-17/h1-14H. The van der Waals surface area contributed by atoms with E-state index in [1.807, 2.05) is 66.7 Å². The van der Waals surface area contributed by atoms with Crippen LogP contribution in [-0.2, 0) is 4.79 Å². The van der Waals surface area contributed by atoms with Gasteiger partial charge in [-0.3, -0.25) is 14.7 Å². The van der Waals surface area contributed by atoms with Crippen molar-refractivity contribution in [2.24, 2.45) is 0 Å². The van der Waals surface area contributed by atoms with Crippen molar-refractivity contribution in [3.05, 3.63) is 89.6 Å². The average Bonchev–Trinajstić information content (AvgIpc) is 2.97. The lowest BCUT2D eigenvalue weighted by atomic mass is 10.2. The van der Waals surface area contributed by atoms with E-state index >= 15 is 0 Å². The van der Waals surface area contributed by atoms with Crippen molar-refractivity contribution < 1.29 is 9.53 Å². The number of rotatable bonds is 4. The number of thiocarbonyl (C=S) groups is 1. The van der Waals surface area contributed by atoms with Gasteiger partial charge in [-0.2, -0.15) is 0 Å². The third kappa shape index (κ3) is 3.92. The minimum absolute atomic E-state index is 0.134. The van der Waals surface area contributed by atoms with Crippen LogP contribution in [0.3, 0.4) is 0 Å². The van der Waals surface area contributed by atoms with Gasteiger partial charge in [0.2, 0.25) is 0 Å². The number of aromatic nitrogens is 1. The van der Waals surface area contributed by atoms with Gasteiger partial charge in [-0.1, -0.05) is 48.2 Å². The van der Waals surface area contributed by atoms with Gasteiger partial charge in [0.15, 0.2) is 4.32 Å². The summed E-state index contributed by atoms with van der Waals surface area (Å²) in [7, 11) is 0. The second kappa shape index (κ2) is 7.73. The Hall–Kier alpha value is -2.96. The number of ether oxygens (including phenoxy) is 1. The lowest BCUT2D eigenvalue weighted by Crippen LogP contribution is -2.27. The zero-order chi connectivity index (χ0) is 18.6. The van der Waals surface area contributed by atoms with E-state index in [1.54, 1.807) is 18.5 Å². The Balaban J connectivity index is 1.54. The van der Waals surface area contributed by atoms with E-state index in [4.69, 9.17) is 17.0 Å². The number of amides is 1. The average molecular weight is 390 g/mol. The number of pyridine rings is 1. The molecule has 4 rings (SSSR count). The van der Waals surface area contributed by atoms with Crippen molar-refractivity contribution in [3.8, 4) is 11.5 Å². The Morgan fingerprint density at radius 3 is 2.41 bits per heavy atom. The number of carbonyl (C=O) groups is 1. The summed E-state index contributed by atoms with van der Waals surface area (Å²) in [4.78, 5) is 19.0. The summed E-state index contributed by atoms with van der Waals surface area (Å²) in [6.07, 6.45) is 5.21. The molecule has 1 fully saturated rings. The fourth-order valence-electron chi connectivity index (χ4n) is 2.59. The fourth-order valence-corrected chi connectivity index (χ4v) is 3.89. The quantitative estimate of drug-likeness (QED) is 0.448. The van der Waals surface area contributed by atoms with Crippen molar-refractivity contribution in [3.63, 3.8) is 0 Å². The highest BCUT2D eigenvalue weighted by molar-refractivity contribution is 8.27. The van der Waals surface area contributed by atoms with Gasteiger partial charge in [0, 0.05) is 12.4 Å². The molecule has 2 aromatic carbocycles. The molecule has 0 unspecified atom stereocenters. The molecule has 3 aromatic rings. The minimum atomic E-state index is -0.134.